The van der Waals surface area contributed by atoms with Crippen LogP contribution in [-0.4, -0.2) is 5.78 Å². The molecule has 0 saturated heterocycles. The van der Waals surface area contributed by atoms with E-state index in [1.54, 1.807) is 0 Å². The molecule has 1 nitrogen and oxygen atoms in total. The molecule has 0 bridgehead atoms. The molecule has 0 radical (unpaired) electrons. The Morgan fingerprint density at radius 3 is 2.39 bits per heavy atom. The number of ketones is 1. The first kappa shape index (κ1) is 12.7. The summed E-state index contributed by atoms with van der Waals surface area (Å²) < 4.78 is 0. The molecule has 0 N–H and O–H groups in total. The van der Waals surface area contributed by atoms with E-state index in [1.807, 2.05) is 0 Å². The van der Waals surface area contributed by atoms with Gasteiger partial charge < -0.3 is 0 Å². The van der Waals surface area contributed by atoms with Gasteiger partial charge in [-0.05, 0) is 47.8 Å². The van der Waals surface area contributed by atoms with Crippen LogP contribution in [0.3, 0.4) is 0 Å². The minimum absolute atomic E-state index is 0.0820. The number of hydrogen-bond acceptors (Lipinski definition) is 1. The number of carbonyl (C=O) groups is 1. The predicted molar refractivity (Wildman–Crippen MR) is 74.2 cm³/mol. The zero-order valence-electron chi connectivity index (χ0n) is 12.7. The van der Waals surface area contributed by atoms with Crippen LogP contribution < -0.4 is 0 Å². The lowest BCUT2D eigenvalue weighted by atomic mass is 9.49. The second-order valence-electron chi connectivity index (χ2n) is 8.48. The van der Waals surface area contributed by atoms with Crippen molar-refractivity contribution in [2.24, 2.45) is 34.0 Å². The largest absolute Gasteiger partial charge is 0.299 e. The molecule has 3 saturated carbocycles. The van der Waals surface area contributed by atoms with Gasteiger partial charge in [-0.3, -0.25) is 4.79 Å². The zero-order chi connectivity index (χ0) is 13.3. The first-order chi connectivity index (χ1) is 8.25. The molecule has 0 spiro atoms. The summed E-state index contributed by atoms with van der Waals surface area (Å²) in [6, 6.07) is 0. The van der Waals surface area contributed by atoms with Crippen molar-refractivity contribution in [3.63, 3.8) is 0 Å². The summed E-state index contributed by atoms with van der Waals surface area (Å²) in [4.78, 5) is 12.7. The second-order valence-corrected chi connectivity index (χ2v) is 8.48. The van der Waals surface area contributed by atoms with Crippen LogP contribution in [0.25, 0.3) is 0 Å². The molecule has 3 aliphatic rings. The highest BCUT2D eigenvalue weighted by molar-refractivity contribution is 5.90. The van der Waals surface area contributed by atoms with Crippen molar-refractivity contribution in [2.75, 3.05) is 0 Å². The van der Waals surface area contributed by atoms with Crippen molar-refractivity contribution in [3.8, 4) is 0 Å². The van der Waals surface area contributed by atoms with Crippen LogP contribution in [0.4, 0.5) is 0 Å². The van der Waals surface area contributed by atoms with Gasteiger partial charge in [-0.25, -0.2) is 0 Å². The summed E-state index contributed by atoms with van der Waals surface area (Å²) in [5.41, 5.74) is 0.896. The maximum atomic E-state index is 12.7. The molecular formula is C17H28O. The van der Waals surface area contributed by atoms with Gasteiger partial charge in [0, 0.05) is 11.8 Å². The van der Waals surface area contributed by atoms with Gasteiger partial charge in [0.15, 0.2) is 0 Å². The summed E-state index contributed by atoms with van der Waals surface area (Å²) in [5, 5.41) is 0. The average Bonchev–Trinajstić information content (AvgIpc) is 2.99. The van der Waals surface area contributed by atoms with Crippen LogP contribution in [0.1, 0.15) is 66.7 Å². The van der Waals surface area contributed by atoms with E-state index >= 15 is 0 Å². The number of carbonyl (C=O) groups excluding carboxylic acids is 1. The summed E-state index contributed by atoms with van der Waals surface area (Å²) in [6.45, 7) is 11.8. The van der Waals surface area contributed by atoms with Crippen LogP contribution >= 0.6 is 0 Å². The van der Waals surface area contributed by atoms with E-state index in [4.69, 9.17) is 0 Å². The zero-order valence-corrected chi connectivity index (χ0v) is 12.7. The van der Waals surface area contributed by atoms with Crippen molar-refractivity contribution >= 4 is 5.78 Å². The molecule has 0 aromatic rings. The van der Waals surface area contributed by atoms with Crippen LogP contribution in [0.2, 0.25) is 0 Å². The van der Waals surface area contributed by atoms with Crippen molar-refractivity contribution < 1.29 is 4.79 Å². The fourth-order valence-electron chi connectivity index (χ4n) is 5.84. The lowest BCUT2D eigenvalue weighted by Crippen LogP contribution is -2.50. The Morgan fingerprint density at radius 1 is 1.11 bits per heavy atom. The van der Waals surface area contributed by atoms with Crippen LogP contribution in [0.15, 0.2) is 0 Å². The molecule has 0 aromatic heterocycles. The van der Waals surface area contributed by atoms with Gasteiger partial charge in [-0.1, -0.05) is 41.0 Å². The Kier molecular flexibility index (Phi) is 2.40. The predicted octanol–water partition coefficient (Wildman–Crippen LogP) is 4.45. The first-order valence-electron chi connectivity index (χ1n) is 7.78. The smallest absolute Gasteiger partial charge is 0.139 e. The van der Waals surface area contributed by atoms with Gasteiger partial charge in [0.25, 0.3) is 0 Å². The van der Waals surface area contributed by atoms with Crippen LogP contribution in [-0.2, 0) is 4.79 Å². The van der Waals surface area contributed by atoms with Gasteiger partial charge in [0.05, 0.1) is 0 Å². The Bertz CT molecular complexity index is 394. The van der Waals surface area contributed by atoms with Crippen molar-refractivity contribution in [2.45, 2.75) is 66.7 Å². The minimum atomic E-state index is 0.0820. The van der Waals surface area contributed by atoms with E-state index in [1.165, 1.54) is 25.7 Å². The van der Waals surface area contributed by atoms with Gasteiger partial charge in [-0.15, -0.1) is 0 Å². The molecule has 0 amide bonds. The maximum absolute atomic E-state index is 12.7. The Morgan fingerprint density at radius 2 is 1.78 bits per heavy atom. The number of Topliss-reactive ketones (excluding diaryl/α,β-unsaturated/α-hetero) is 1. The fourth-order valence-corrected chi connectivity index (χ4v) is 5.84. The van der Waals surface area contributed by atoms with Gasteiger partial charge in [0.1, 0.15) is 5.78 Å². The topological polar surface area (TPSA) is 17.1 Å². The van der Waals surface area contributed by atoms with Crippen molar-refractivity contribution in [1.82, 2.24) is 0 Å². The average molecular weight is 248 g/mol. The number of rotatable bonds is 1. The molecule has 0 aliphatic heterocycles. The lowest BCUT2D eigenvalue weighted by molar-refractivity contribution is -0.141. The third-order valence-corrected chi connectivity index (χ3v) is 7.01. The minimum Gasteiger partial charge on any atom is -0.299 e. The highest BCUT2D eigenvalue weighted by Crippen LogP contribution is 2.75. The SMILES string of the molecule is CC(C)[C@@]12C[C@@H]1[C@@]1(C)CCCC(C)(C)C1CC2=O. The van der Waals surface area contributed by atoms with Gasteiger partial charge in [-0.2, -0.15) is 0 Å². The van der Waals surface area contributed by atoms with E-state index < -0.39 is 0 Å². The summed E-state index contributed by atoms with van der Waals surface area (Å²) in [7, 11) is 0. The summed E-state index contributed by atoms with van der Waals surface area (Å²) in [5.74, 6) is 2.46. The Balaban J connectivity index is 2.00. The van der Waals surface area contributed by atoms with Crippen molar-refractivity contribution in [3.05, 3.63) is 0 Å². The van der Waals surface area contributed by atoms with E-state index in [0.29, 0.717) is 34.4 Å². The molecule has 3 rings (SSSR count). The standard InChI is InChI=1S/C17H28O/c1-11(2)17-10-13(17)16(5)8-6-7-15(3,4)12(16)9-14(17)18/h11-13H,6-10H2,1-5H3/t12?,13-,16+,17+/m1/s1. The maximum Gasteiger partial charge on any atom is 0.139 e. The first-order valence-corrected chi connectivity index (χ1v) is 7.78. The van der Waals surface area contributed by atoms with E-state index in [0.717, 1.165) is 6.42 Å². The summed E-state index contributed by atoms with van der Waals surface area (Å²) >= 11 is 0. The lowest BCUT2D eigenvalue weighted by Gasteiger charge is -2.55. The highest BCUT2D eigenvalue weighted by atomic mass is 16.1. The normalized spacial score (nSPS) is 49.8. The summed E-state index contributed by atoms with van der Waals surface area (Å²) in [6.07, 6.45) is 6.07. The number of hydrogen-bond donors (Lipinski definition) is 0. The van der Waals surface area contributed by atoms with Gasteiger partial charge >= 0.3 is 0 Å². The van der Waals surface area contributed by atoms with Crippen LogP contribution in [0, 0.1) is 34.0 Å². The Labute approximate surface area is 112 Å². The van der Waals surface area contributed by atoms with Crippen LogP contribution in [0.5, 0.6) is 0 Å². The molecule has 4 atom stereocenters. The quantitative estimate of drug-likeness (QED) is 0.670. The van der Waals surface area contributed by atoms with E-state index in [2.05, 4.69) is 34.6 Å². The van der Waals surface area contributed by atoms with Gasteiger partial charge in [0.2, 0.25) is 0 Å². The molecule has 0 aromatic carbocycles. The molecule has 3 aliphatic carbocycles. The fraction of sp³-hybridized carbons (Fsp3) is 0.941. The highest BCUT2D eigenvalue weighted by Gasteiger charge is 2.72. The molecule has 102 valence electrons. The monoisotopic (exact) mass is 248 g/mol. The third-order valence-electron chi connectivity index (χ3n) is 7.01. The molecule has 1 heteroatoms. The number of fused-ring (bicyclic) bond motifs is 3. The molecule has 3 fully saturated rings. The molecule has 1 unspecified atom stereocenters. The Hall–Kier alpha value is -0.330. The van der Waals surface area contributed by atoms with E-state index in [9.17, 15) is 4.79 Å². The van der Waals surface area contributed by atoms with E-state index in [-0.39, 0.29) is 5.41 Å². The molecule has 18 heavy (non-hydrogen) atoms. The molecular weight excluding hydrogens is 220 g/mol. The molecule has 0 heterocycles. The van der Waals surface area contributed by atoms with Crippen molar-refractivity contribution in [1.29, 1.82) is 0 Å². The second kappa shape index (κ2) is 3.41. The third kappa shape index (κ3) is 1.31.